The van der Waals surface area contributed by atoms with Gasteiger partial charge >= 0.3 is 0 Å². The van der Waals surface area contributed by atoms with Gasteiger partial charge < -0.3 is 9.84 Å². The van der Waals surface area contributed by atoms with Gasteiger partial charge in [0.15, 0.2) is 5.78 Å². The zero-order chi connectivity index (χ0) is 18.6. The highest BCUT2D eigenvalue weighted by atomic mass is 79.9. The third-order valence-electron chi connectivity index (χ3n) is 3.32. The van der Waals surface area contributed by atoms with Crippen LogP contribution in [0.3, 0.4) is 0 Å². The number of phenolic OH excluding ortho intramolecular Hbond substituents is 1. The van der Waals surface area contributed by atoms with Gasteiger partial charge in [-0.2, -0.15) is 0 Å². The van der Waals surface area contributed by atoms with Crippen molar-refractivity contribution in [2.75, 3.05) is 6.61 Å². The molecule has 2 aromatic carbocycles. The molecule has 2 aromatic rings. The van der Waals surface area contributed by atoms with Crippen molar-refractivity contribution in [2.24, 2.45) is 0 Å². The minimum atomic E-state index is -0.314. The lowest BCUT2D eigenvalue weighted by Gasteiger charge is -2.12. The van der Waals surface area contributed by atoms with Gasteiger partial charge in [0.05, 0.1) is 10.0 Å². The van der Waals surface area contributed by atoms with E-state index in [1.807, 2.05) is 12.1 Å². The second-order valence-corrected chi connectivity index (χ2v) is 7.43. The fourth-order valence-corrected chi connectivity index (χ4v) is 3.73. The second kappa shape index (κ2) is 8.70. The molecule has 130 valence electrons. The number of ether oxygens (including phenoxy) is 1. The zero-order valence-corrected chi connectivity index (χ0v) is 17.3. The first-order chi connectivity index (χ1) is 11.8. The molecule has 0 spiro atoms. The molecule has 25 heavy (non-hydrogen) atoms. The van der Waals surface area contributed by atoms with Crippen LogP contribution < -0.4 is 4.74 Å². The van der Waals surface area contributed by atoms with E-state index in [-0.39, 0.29) is 17.1 Å². The Labute approximate surface area is 168 Å². The Bertz CT molecular complexity index is 860. The summed E-state index contributed by atoms with van der Waals surface area (Å²) in [5, 5.41) is 10.3. The van der Waals surface area contributed by atoms with Gasteiger partial charge in [-0.15, -0.1) is 0 Å². The van der Waals surface area contributed by atoms with Gasteiger partial charge in [-0.05, 0) is 64.8 Å². The number of aromatic hydroxyl groups is 1. The number of hydrogen-bond donors (Lipinski definition) is 1. The molecule has 0 unspecified atom stereocenters. The monoisotopic (exact) mass is 484 g/mol. The molecule has 0 fully saturated rings. The van der Waals surface area contributed by atoms with Gasteiger partial charge in [-0.25, -0.2) is 0 Å². The van der Waals surface area contributed by atoms with Gasteiger partial charge in [0.1, 0.15) is 18.1 Å². The molecule has 0 radical (unpaired) electrons. The number of ketones is 1. The minimum Gasteiger partial charge on any atom is -0.507 e. The first-order valence-corrected chi connectivity index (χ1v) is 9.24. The zero-order valence-electron chi connectivity index (χ0n) is 13.4. The summed E-state index contributed by atoms with van der Waals surface area (Å²) in [6, 6.07) is 8.08. The Morgan fingerprint density at radius 3 is 2.72 bits per heavy atom. The van der Waals surface area contributed by atoms with Crippen molar-refractivity contribution in [3.05, 3.63) is 73.7 Å². The van der Waals surface area contributed by atoms with Crippen LogP contribution in [-0.2, 0) is 0 Å². The number of halogens is 3. The molecule has 0 saturated carbocycles. The third-order valence-corrected chi connectivity index (χ3v) is 4.60. The maximum Gasteiger partial charge on any atom is 0.192 e. The quantitative estimate of drug-likeness (QED) is 0.291. The van der Waals surface area contributed by atoms with Crippen molar-refractivity contribution in [1.82, 2.24) is 0 Å². The van der Waals surface area contributed by atoms with E-state index in [1.165, 1.54) is 18.2 Å². The first kappa shape index (κ1) is 19.8. The summed E-state index contributed by atoms with van der Waals surface area (Å²) in [6.07, 6.45) is 3.35. The summed E-state index contributed by atoms with van der Waals surface area (Å²) in [5.74, 6) is 0.178. The number of carbonyl (C=O) groups is 1. The summed E-state index contributed by atoms with van der Waals surface area (Å²) in [7, 11) is 0. The lowest BCUT2D eigenvalue weighted by atomic mass is 10.0. The van der Waals surface area contributed by atoms with Crippen LogP contribution in [0.4, 0.5) is 0 Å². The maximum atomic E-state index is 12.6. The number of carbonyl (C=O) groups excluding carboxylic acids is 1. The Kier molecular flexibility index (Phi) is 6.87. The third kappa shape index (κ3) is 4.97. The molecule has 0 bridgehead atoms. The molecule has 2 rings (SSSR count). The summed E-state index contributed by atoms with van der Waals surface area (Å²) >= 11 is 12.8. The molecule has 3 nitrogen and oxygen atoms in total. The van der Waals surface area contributed by atoms with Gasteiger partial charge in [-0.3, -0.25) is 4.79 Å². The fourth-order valence-electron chi connectivity index (χ4n) is 2.18. The van der Waals surface area contributed by atoms with E-state index < -0.39 is 0 Å². The lowest BCUT2D eigenvalue weighted by molar-refractivity contribution is 0.103. The maximum absolute atomic E-state index is 12.6. The van der Waals surface area contributed by atoms with Crippen LogP contribution in [0.25, 0.3) is 6.08 Å². The van der Waals surface area contributed by atoms with Crippen molar-refractivity contribution in [1.29, 1.82) is 0 Å². The van der Waals surface area contributed by atoms with Gasteiger partial charge in [0, 0.05) is 15.1 Å². The van der Waals surface area contributed by atoms with Crippen molar-refractivity contribution in [2.45, 2.75) is 6.92 Å². The molecular formula is C19H15Br2ClO3. The number of allylic oxidation sites excluding steroid dienone is 1. The molecule has 0 aliphatic carbocycles. The molecule has 0 aromatic heterocycles. The predicted octanol–water partition coefficient (Wildman–Crippen LogP) is 6.42. The van der Waals surface area contributed by atoms with Gasteiger partial charge in [-0.1, -0.05) is 40.2 Å². The van der Waals surface area contributed by atoms with E-state index in [2.05, 4.69) is 38.4 Å². The van der Waals surface area contributed by atoms with E-state index >= 15 is 0 Å². The summed E-state index contributed by atoms with van der Waals surface area (Å²) in [6.45, 7) is 5.65. The van der Waals surface area contributed by atoms with E-state index in [4.69, 9.17) is 16.3 Å². The van der Waals surface area contributed by atoms with Crippen molar-refractivity contribution < 1.29 is 14.6 Å². The Morgan fingerprint density at radius 1 is 1.32 bits per heavy atom. The topological polar surface area (TPSA) is 46.5 Å². The number of hydrogen-bond acceptors (Lipinski definition) is 3. The van der Waals surface area contributed by atoms with Crippen molar-refractivity contribution in [3.8, 4) is 11.5 Å². The van der Waals surface area contributed by atoms with Crippen LogP contribution in [0, 0.1) is 0 Å². The van der Waals surface area contributed by atoms with Gasteiger partial charge in [0.25, 0.3) is 0 Å². The van der Waals surface area contributed by atoms with E-state index in [9.17, 15) is 9.90 Å². The first-order valence-electron chi connectivity index (χ1n) is 7.27. The van der Waals surface area contributed by atoms with Crippen LogP contribution in [0.5, 0.6) is 11.5 Å². The smallest absolute Gasteiger partial charge is 0.192 e. The molecule has 0 saturated heterocycles. The lowest BCUT2D eigenvalue weighted by Crippen LogP contribution is -2.02. The molecule has 6 heteroatoms. The molecule has 0 heterocycles. The van der Waals surface area contributed by atoms with Crippen LogP contribution in [0.2, 0.25) is 5.02 Å². The highest BCUT2D eigenvalue weighted by Crippen LogP contribution is 2.35. The average Bonchev–Trinajstić information content (AvgIpc) is 2.55. The van der Waals surface area contributed by atoms with E-state index in [1.54, 1.807) is 19.1 Å². The average molecular weight is 487 g/mol. The minimum absolute atomic E-state index is 0.110. The molecule has 0 atom stereocenters. The number of rotatable bonds is 6. The largest absolute Gasteiger partial charge is 0.507 e. The van der Waals surface area contributed by atoms with Crippen molar-refractivity contribution in [3.63, 3.8) is 0 Å². The molecular weight excluding hydrogens is 471 g/mol. The van der Waals surface area contributed by atoms with Crippen LogP contribution in [0.15, 0.2) is 57.5 Å². The molecule has 0 aliphatic rings. The highest BCUT2D eigenvalue weighted by Gasteiger charge is 2.15. The second-order valence-electron chi connectivity index (χ2n) is 5.22. The van der Waals surface area contributed by atoms with Gasteiger partial charge in [0.2, 0.25) is 0 Å². The predicted molar refractivity (Wildman–Crippen MR) is 109 cm³/mol. The van der Waals surface area contributed by atoms with Crippen LogP contribution >= 0.6 is 43.5 Å². The normalized spacial score (nSPS) is 11.3. The van der Waals surface area contributed by atoms with Crippen molar-refractivity contribution >= 4 is 55.3 Å². The fraction of sp³-hybridized carbons (Fsp3) is 0.105. The SMILES string of the molecule is C=CCOc1c(Br)cc(Br)cc1/C=C(\C)C(=O)c1cc(Cl)ccc1O. The van der Waals surface area contributed by atoms with Crippen LogP contribution in [0.1, 0.15) is 22.8 Å². The Hall–Kier alpha value is -1.56. The molecule has 0 aliphatic heterocycles. The summed E-state index contributed by atoms with van der Waals surface area (Å²) < 4.78 is 7.28. The Balaban J connectivity index is 2.46. The standard InChI is InChI=1S/C19H15Br2ClO3/c1-3-6-25-19-12(8-13(20)9-16(19)21)7-11(2)18(24)15-10-14(22)4-5-17(15)23/h3-5,7-10,23H,1,6H2,2H3/b11-7+. The summed E-state index contributed by atoms with van der Waals surface area (Å²) in [4.78, 5) is 12.6. The van der Waals surface area contributed by atoms with Crippen LogP contribution in [-0.4, -0.2) is 17.5 Å². The molecule has 0 amide bonds. The number of Topliss-reactive ketones (excluding diaryl/α,β-unsaturated/α-hetero) is 1. The Morgan fingerprint density at radius 2 is 2.04 bits per heavy atom. The van der Waals surface area contributed by atoms with E-state index in [0.29, 0.717) is 23.0 Å². The van der Waals surface area contributed by atoms with E-state index in [0.717, 1.165) is 14.5 Å². The molecule has 1 N–H and O–H groups in total. The highest BCUT2D eigenvalue weighted by molar-refractivity contribution is 9.11. The summed E-state index contributed by atoms with van der Waals surface area (Å²) in [5.41, 5.74) is 1.31. The number of benzene rings is 2. The number of phenols is 1.